The van der Waals surface area contributed by atoms with E-state index in [0.717, 1.165) is 12.1 Å². The number of anilines is 1. The third kappa shape index (κ3) is 5.18. The minimum absolute atomic E-state index is 0.447. The molecule has 0 spiro atoms. The molecule has 0 aliphatic heterocycles. The van der Waals surface area contributed by atoms with Gasteiger partial charge in [-0.3, -0.25) is 0 Å². The van der Waals surface area contributed by atoms with E-state index < -0.39 is 20.2 Å². The van der Waals surface area contributed by atoms with E-state index in [1.807, 2.05) is 0 Å². The zero-order valence-electron chi connectivity index (χ0n) is 11.2. The number of sulfone groups is 1. The van der Waals surface area contributed by atoms with Gasteiger partial charge in [-0.05, 0) is 30.7 Å². The molecule has 0 saturated heterocycles. The van der Waals surface area contributed by atoms with Crippen molar-refractivity contribution < 1.29 is 26.3 Å². The van der Waals surface area contributed by atoms with Crippen molar-refractivity contribution in [1.82, 2.24) is 0 Å². The Bertz CT molecular complexity index is 530. The summed E-state index contributed by atoms with van der Waals surface area (Å²) in [6.45, 7) is 1.99. The van der Waals surface area contributed by atoms with Crippen molar-refractivity contribution in [1.29, 1.82) is 0 Å². The van der Waals surface area contributed by atoms with Crippen LogP contribution in [0.4, 0.5) is 18.9 Å². The number of rotatable bonds is 8. The molecule has 120 valence electrons. The predicted octanol–water partition coefficient (Wildman–Crippen LogP) is 1.76. The summed E-state index contributed by atoms with van der Waals surface area (Å²) < 4.78 is 64.5. The number of alkyl halides is 3. The zero-order valence-corrected chi connectivity index (χ0v) is 12.0. The van der Waals surface area contributed by atoms with Crippen LogP contribution in [0.25, 0.3) is 0 Å². The largest absolute Gasteiger partial charge is 0.501 e. The maximum absolute atomic E-state index is 12.3. The molecule has 3 N–H and O–H groups in total. The summed E-state index contributed by atoms with van der Waals surface area (Å²) >= 11 is 0. The molecular formula is C12H17F3N2O3S. The lowest BCUT2D eigenvalue weighted by Crippen LogP contribution is -2.23. The molecule has 0 aliphatic carbocycles. The molecule has 0 heterocycles. The fourth-order valence-electron chi connectivity index (χ4n) is 1.48. The topological polar surface area (TPSA) is 81.4 Å². The lowest BCUT2D eigenvalue weighted by atomic mass is 10.3. The van der Waals surface area contributed by atoms with Crippen LogP contribution >= 0.6 is 0 Å². The van der Waals surface area contributed by atoms with Crippen molar-refractivity contribution in [3.8, 4) is 0 Å². The Morgan fingerprint density at radius 1 is 1.14 bits per heavy atom. The Kier molecular flexibility index (Phi) is 6.43. The van der Waals surface area contributed by atoms with Gasteiger partial charge in [-0.2, -0.15) is 13.2 Å². The Hall–Kier alpha value is -1.32. The molecule has 0 fully saturated rings. The standard InChI is InChI=1S/C12H17F3N2O3S/c13-12(14,15)21(18,19)11-4-2-10(3-5-11)17-7-1-8-20-9-6-16/h2-5,17H,1,6-9,16H2. The van der Waals surface area contributed by atoms with Crippen LogP contribution in [0.3, 0.4) is 0 Å². The highest BCUT2D eigenvalue weighted by atomic mass is 32.2. The molecule has 1 aromatic rings. The van der Waals surface area contributed by atoms with Crippen LogP contribution < -0.4 is 11.1 Å². The second-order valence-corrected chi connectivity index (χ2v) is 6.10. The first-order chi connectivity index (χ1) is 9.79. The SMILES string of the molecule is NCCOCCCNc1ccc(S(=O)(=O)C(F)(F)F)cc1. The van der Waals surface area contributed by atoms with E-state index in [1.54, 1.807) is 0 Å². The number of ether oxygens (including phenoxy) is 1. The molecule has 0 radical (unpaired) electrons. The first-order valence-corrected chi connectivity index (χ1v) is 7.70. The quantitative estimate of drug-likeness (QED) is 0.712. The summed E-state index contributed by atoms with van der Waals surface area (Å²) in [7, 11) is -5.29. The van der Waals surface area contributed by atoms with Gasteiger partial charge in [-0.25, -0.2) is 8.42 Å². The van der Waals surface area contributed by atoms with E-state index in [1.165, 1.54) is 12.1 Å². The van der Waals surface area contributed by atoms with Crippen LogP contribution in [0.15, 0.2) is 29.2 Å². The third-order valence-electron chi connectivity index (χ3n) is 2.53. The molecule has 1 aromatic carbocycles. The molecule has 9 heteroatoms. The van der Waals surface area contributed by atoms with E-state index in [9.17, 15) is 21.6 Å². The number of hydrogen-bond donors (Lipinski definition) is 2. The normalized spacial score (nSPS) is 12.4. The van der Waals surface area contributed by atoms with Gasteiger partial charge in [0.2, 0.25) is 0 Å². The van der Waals surface area contributed by atoms with Crippen molar-refractivity contribution in [3.05, 3.63) is 24.3 Å². The molecule has 0 atom stereocenters. The molecule has 0 amide bonds. The van der Waals surface area contributed by atoms with Gasteiger partial charge in [0.15, 0.2) is 0 Å². The van der Waals surface area contributed by atoms with E-state index in [0.29, 0.717) is 38.4 Å². The summed E-state index contributed by atoms with van der Waals surface area (Å²) in [6, 6.07) is 4.44. The molecular weight excluding hydrogens is 309 g/mol. The third-order valence-corrected chi connectivity index (χ3v) is 4.03. The van der Waals surface area contributed by atoms with Crippen molar-refractivity contribution in [2.45, 2.75) is 16.8 Å². The molecule has 5 nitrogen and oxygen atoms in total. The Balaban J connectivity index is 2.52. The number of benzene rings is 1. The molecule has 0 bridgehead atoms. The van der Waals surface area contributed by atoms with Crippen LogP contribution in [0.1, 0.15) is 6.42 Å². The van der Waals surface area contributed by atoms with Crippen molar-refractivity contribution >= 4 is 15.5 Å². The molecule has 0 saturated carbocycles. The Morgan fingerprint density at radius 2 is 1.76 bits per heavy atom. The monoisotopic (exact) mass is 326 g/mol. The van der Waals surface area contributed by atoms with E-state index >= 15 is 0 Å². The van der Waals surface area contributed by atoms with Gasteiger partial charge < -0.3 is 15.8 Å². The van der Waals surface area contributed by atoms with Gasteiger partial charge >= 0.3 is 5.51 Å². The average molecular weight is 326 g/mol. The van der Waals surface area contributed by atoms with Gasteiger partial charge in [-0.15, -0.1) is 0 Å². The lowest BCUT2D eigenvalue weighted by molar-refractivity contribution is -0.0436. The Labute approximate surface area is 121 Å². The number of hydrogen-bond acceptors (Lipinski definition) is 5. The van der Waals surface area contributed by atoms with Crippen LogP contribution in [0.5, 0.6) is 0 Å². The van der Waals surface area contributed by atoms with Gasteiger partial charge in [0.05, 0.1) is 11.5 Å². The first-order valence-electron chi connectivity index (χ1n) is 6.22. The summed E-state index contributed by atoms with van der Waals surface area (Å²) in [4.78, 5) is -0.771. The predicted molar refractivity (Wildman–Crippen MR) is 72.7 cm³/mol. The first kappa shape index (κ1) is 17.7. The van der Waals surface area contributed by atoms with E-state index in [2.05, 4.69) is 5.32 Å². The van der Waals surface area contributed by atoms with Gasteiger partial charge in [0.1, 0.15) is 0 Å². The smallest absolute Gasteiger partial charge is 0.385 e. The minimum atomic E-state index is -5.29. The number of nitrogens with one attached hydrogen (secondary N) is 1. The van der Waals surface area contributed by atoms with Crippen LogP contribution in [-0.4, -0.2) is 40.2 Å². The number of nitrogens with two attached hydrogens (primary N) is 1. The zero-order chi connectivity index (χ0) is 15.9. The van der Waals surface area contributed by atoms with Crippen molar-refractivity contribution in [2.24, 2.45) is 5.73 Å². The summed E-state index contributed by atoms with van der Waals surface area (Å²) in [5.74, 6) is 0. The van der Waals surface area contributed by atoms with Crippen LogP contribution in [0.2, 0.25) is 0 Å². The van der Waals surface area contributed by atoms with Crippen molar-refractivity contribution in [2.75, 3.05) is 31.6 Å². The van der Waals surface area contributed by atoms with Gasteiger partial charge in [0.25, 0.3) is 9.84 Å². The molecule has 0 aliphatic rings. The lowest BCUT2D eigenvalue weighted by Gasteiger charge is -2.10. The summed E-state index contributed by atoms with van der Waals surface area (Å²) in [5.41, 5.74) is 0.492. The van der Waals surface area contributed by atoms with Crippen LogP contribution in [0, 0.1) is 0 Å². The highest BCUT2D eigenvalue weighted by molar-refractivity contribution is 7.92. The minimum Gasteiger partial charge on any atom is -0.385 e. The number of halogens is 3. The van der Waals surface area contributed by atoms with Crippen molar-refractivity contribution in [3.63, 3.8) is 0 Å². The van der Waals surface area contributed by atoms with Gasteiger partial charge in [-0.1, -0.05) is 0 Å². The highest BCUT2D eigenvalue weighted by Crippen LogP contribution is 2.30. The molecule has 0 unspecified atom stereocenters. The summed E-state index contributed by atoms with van der Waals surface area (Å²) in [6.07, 6.45) is 0.697. The Morgan fingerprint density at radius 3 is 2.29 bits per heavy atom. The maximum atomic E-state index is 12.3. The molecule has 0 aromatic heterocycles. The fraction of sp³-hybridized carbons (Fsp3) is 0.500. The van der Waals surface area contributed by atoms with Gasteiger partial charge in [0, 0.05) is 25.4 Å². The highest BCUT2D eigenvalue weighted by Gasteiger charge is 2.46. The fourth-order valence-corrected chi connectivity index (χ4v) is 2.24. The second kappa shape index (κ2) is 7.62. The second-order valence-electron chi connectivity index (χ2n) is 4.15. The van der Waals surface area contributed by atoms with E-state index in [-0.39, 0.29) is 0 Å². The summed E-state index contributed by atoms with van der Waals surface area (Å²) in [5, 5.41) is 2.95. The molecule has 1 rings (SSSR count). The van der Waals surface area contributed by atoms with Crippen LogP contribution in [-0.2, 0) is 14.6 Å². The molecule has 21 heavy (non-hydrogen) atoms. The average Bonchev–Trinajstić information content (AvgIpc) is 2.42. The van der Waals surface area contributed by atoms with E-state index in [4.69, 9.17) is 10.5 Å². The maximum Gasteiger partial charge on any atom is 0.501 e.